The van der Waals surface area contributed by atoms with Gasteiger partial charge >= 0.3 is 0 Å². The molecule has 0 unspecified atom stereocenters. The number of nitrogens with zero attached hydrogens (tertiary/aromatic N) is 2. The molecule has 3 rings (SSSR count). The fourth-order valence-corrected chi connectivity index (χ4v) is 3.63. The quantitative estimate of drug-likeness (QED) is 0.823. The lowest BCUT2D eigenvalue weighted by molar-refractivity contribution is 0.334. The summed E-state index contributed by atoms with van der Waals surface area (Å²) >= 11 is 4.60. The van der Waals surface area contributed by atoms with Gasteiger partial charge in [-0.25, -0.2) is 4.98 Å². The van der Waals surface area contributed by atoms with Crippen molar-refractivity contribution in [1.82, 2.24) is 9.55 Å². The molecule has 1 fully saturated rings. The molecular formula is C17H22N2S. The Balaban J connectivity index is 1.93. The van der Waals surface area contributed by atoms with Crippen molar-refractivity contribution in [2.45, 2.75) is 43.9 Å². The summed E-state index contributed by atoms with van der Waals surface area (Å²) in [6.07, 6.45) is 10.5. The van der Waals surface area contributed by atoms with Crippen LogP contribution in [0.4, 0.5) is 0 Å². The van der Waals surface area contributed by atoms with Gasteiger partial charge in [0.15, 0.2) is 0 Å². The highest BCUT2D eigenvalue weighted by Crippen LogP contribution is 2.41. The molecule has 1 aliphatic carbocycles. The maximum absolute atomic E-state index is 4.60. The van der Waals surface area contributed by atoms with Crippen molar-refractivity contribution in [3.63, 3.8) is 0 Å². The van der Waals surface area contributed by atoms with Gasteiger partial charge < -0.3 is 4.57 Å². The molecule has 1 saturated carbocycles. The molecule has 20 heavy (non-hydrogen) atoms. The van der Waals surface area contributed by atoms with Crippen LogP contribution in [0.1, 0.15) is 38.2 Å². The van der Waals surface area contributed by atoms with Crippen LogP contribution in [0, 0.1) is 5.41 Å². The maximum Gasteiger partial charge on any atom is 0.140 e. The number of aromatic nitrogens is 2. The molecule has 0 bridgehead atoms. The molecule has 0 saturated heterocycles. The number of rotatable bonds is 3. The van der Waals surface area contributed by atoms with Crippen LogP contribution < -0.4 is 0 Å². The Bertz CT molecular complexity index is 609. The third-order valence-electron chi connectivity index (χ3n) is 4.56. The first-order valence-corrected chi connectivity index (χ1v) is 7.82. The zero-order valence-electron chi connectivity index (χ0n) is 12.3. The van der Waals surface area contributed by atoms with Crippen molar-refractivity contribution in [1.29, 1.82) is 0 Å². The second-order valence-electron chi connectivity index (χ2n) is 6.41. The van der Waals surface area contributed by atoms with Crippen molar-refractivity contribution in [2.24, 2.45) is 12.5 Å². The van der Waals surface area contributed by atoms with Crippen molar-refractivity contribution in [3.05, 3.63) is 36.2 Å². The minimum atomic E-state index is 0.483. The standard InChI is InChI=1S/C17H22N2S/c1-17(7-3-4-8-17)12-13-5-6-15(20)14(11-13)16-18-9-10-19(16)2/h5-6,9-11,20H,3-4,7-8,12H2,1-2H3. The molecule has 2 nitrogen and oxygen atoms in total. The van der Waals surface area contributed by atoms with E-state index in [9.17, 15) is 0 Å². The molecule has 0 aliphatic heterocycles. The molecule has 0 N–H and O–H groups in total. The Labute approximate surface area is 126 Å². The number of thiol groups is 1. The summed E-state index contributed by atoms with van der Waals surface area (Å²) in [6, 6.07) is 6.60. The second kappa shape index (κ2) is 5.28. The highest BCUT2D eigenvalue weighted by atomic mass is 32.1. The van der Waals surface area contributed by atoms with Crippen LogP contribution in [0.5, 0.6) is 0 Å². The predicted octanol–water partition coefficient (Wildman–Crippen LogP) is 4.50. The summed E-state index contributed by atoms with van der Waals surface area (Å²) in [5.41, 5.74) is 3.03. The van der Waals surface area contributed by atoms with E-state index in [0.717, 1.165) is 16.3 Å². The van der Waals surface area contributed by atoms with Crippen LogP contribution >= 0.6 is 12.6 Å². The monoisotopic (exact) mass is 286 g/mol. The van der Waals surface area contributed by atoms with E-state index < -0.39 is 0 Å². The van der Waals surface area contributed by atoms with E-state index >= 15 is 0 Å². The smallest absolute Gasteiger partial charge is 0.140 e. The largest absolute Gasteiger partial charge is 0.334 e. The van der Waals surface area contributed by atoms with Crippen LogP contribution in [-0.2, 0) is 13.5 Å². The van der Waals surface area contributed by atoms with Gasteiger partial charge in [0.1, 0.15) is 5.82 Å². The minimum absolute atomic E-state index is 0.483. The summed E-state index contributed by atoms with van der Waals surface area (Å²) in [5, 5.41) is 0. The highest BCUT2D eigenvalue weighted by Gasteiger charge is 2.28. The van der Waals surface area contributed by atoms with Gasteiger partial charge in [0, 0.05) is 29.9 Å². The molecule has 1 aromatic carbocycles. The number of hydrogen-bond donors (Lipinski definition) is 1. The van der Waals surface area contributed by atoms with E-state index in [1.54, 1.807) is 0 Å². The van der Waals surface area contributed by atoms with Crippen molar-refractivity contribution < 1.29 is 0 Å². The van der Waals surface area contributed by atoms with E-state index in [1.807, 2.05) is 19.4 Å². The summed E-state index contributed by atoms with van der Waals surface area (Å²) < 4.78 is 2.05. The first-order valence-electron chi connectivity index (χ1n) is 7.37. The summed E-state index contributed by atoms with van der Waals surface area (Å²) in [7, 11) is 2.03. The van der Waals surface area contributed by atoms with Crippen LogP contribution in [0.15, 0.2) is 35.5 Å². The Morgan fingerprint density at radius 3 is 2.70 bits per heavy atom. The maximum atomic E-state index is 4.60. The Kier molecular flexibility index (Phi) is 3.63. The number of imidazole rings is 1. The number of benzene rings is 1. The molecule has 0 radical (unpaired) electrons. The first kappa shape index (κ1) is 13.7. The normalized spacial score (nSPS) is 17.6. The lowest BCUT2D eigenvalue weighted by Gasteiger charge is -2.24. The molecule has 0 spiro atoms. The van der Waals surface area contributed by atoms with E-state index in [4.69, 9.17) is 0 Å². The average molecular weight is 286 g/mol. The zero-order valence-corrected chi connectivity index (χ0v) is 13.2. The van der Waals surface area contributed by atoms with Gasteiger partial charge in [-0.15, -0.1) is 12.6 Å². The summed E-state index contributed by atoms with van der Waals surface area (Å²) in [4.78, 5) is 5.45. The van der Waals surface area contributed by atoms with Gasteiger partial charge in [0.2, 0.25) is 0 Å². The van der Waals surface area contributed by atoms with Gasteiger partial charge in [-0.05, 0) is 42.4 Å². The van der Waals surface area contributed by atoms with Crippen molar-refractivity contribution in [3.8, 4) is 11.4 Å². The van der Waals surface area contributed by atoms with E-state index in [2.05, 4.69) is 47.3 Å². The molecule has 1 aliphatic rings. The third-order valence-corrected chi connectivity index (χ3v) is 4.95. The number of hydrogen-bond acceptors (Lipinski definition) is 2. The highest BCUT2D eigenvalue weighted by molar-refractivity contribution is 7.80. The molecule has 0 amide bonds. The van der Waals surface area contributed by atoms with E-state index in [0.29, 0.717) is 5.41 Å². The first-order chi connectivity index (χ1) is 9.57. The van der Waals surface area contributed by atoms with Crippen molar-refractivity contribution >= 4 is 12.6 Å². The third kappa shape index (κ3) is 2.64. The van der Waals surface area contributed by atoms with Crippen LogP contribution in [0.3, 0.4) is 0 Å². The van der Waals surface area contributed by atoms with Gasteiger partial charge in [-0.1, -0.05) is 25.8 Å². The predicted molar refractivity (Wildman–Crippen MR) is 86.2 cm³/mol. The molecule has 106 valence electrons. The van der Waals surface area contributed by atoms with Gasteiger partial charge in [-0.2, -0.15) is 0 Å². The second-order valence-corrected chi connectivity index (χ2v) is 6.89. The molecule has 1 aromatic heterocycles. The van der Waals surface area contributed by atoms with Crippen LogP contribution in [0.2, 0.25) is 0 Å². The van der Waals surface area contributed by atoms with Crippen molar-refractivity contribution in [2.75, 3.05) is 0 Å². The van der Waals surface area contributed by atoms with Gasteiger partial charge in [0.25, 0.3) is 0 Å². The zero-order chi connectivity index (χ0) is 14.2. The lowest BCUT2D eigenvalue weighted by atomic mass is 9.82. The Morgan fingerprint density at radius 1 is 1.30 bits per heavy atom. The van der Waals surface area contributed by atoms with Crippen LogP contribution in [0.25, 0.3) is 11.4 Å². The van der Waals surface area contributed by atoms with Gasteiger partial charge in [-0.3, -0.25) is 0 Å². The van der Waals surface area contributed by atoms with E-state index in [-0.39, 0.29) is 0 Å². The Morgan fingerprint density at radius 2 is 2.05 bits per heavy atom. The minimum Gasteiger partial charge on any atom is -0.334 e. The molecule has 2 aromatic rings. The van der Waals surface area contributed by atoms with Gasteiger partial charge in [0.05, 0.1) is 0 Å². The number of aryl methyl sites for hydroxylation is 1. The fraction of sp³-hybridized carbons (Fsp3) is 0.471. The molecule has 3 heteroatoms. The average Bonchev–Trinajstić information content (AvgIpc) is 3.01. The Hall–Kier alpha value is -1.22. The summed E-state index contributed by atoms with van der Waals surface area (Å²) in [6.45, 7) is 2.43. The molecule has 0 atom stereocenters. The molecule has 1 heterocycles. The molecular weight excluding hydrogens is 264 g/mol. The summed E-state index contributed by atoms with van der Waals surface area (Å²) in [5.74, 6) is 0.994. The topological polar surface area (TPSA) is 17.8 Å². The lowest BCUT2D eigenvalue weighted by Crippen LogP contribution is -2.14. The van der Waals surface area contributed by atoms with E-state index in [1.165, 1.54) is 37.7 Å². The SMILES string of the molecule is Cn1ccnc1-c1cc(CC2(C)CCCC2)ccc1S. The fourth-order valence-electron chi connectivity index (χ4n) is 3.40. The van der Waals surface area contributed by atoms with Crippen LogP contribution in [-0.4, -0.2) is 9.55 Å².